The van der Waals surface area contributed by atoms with Gasteiger partial charge in [0.15, 0.2) is 0 Å². The number of thiophene rings is 1. The highest BCUT2D eigenvalue weighted by Crippen LogP contribution is 2.22. The summed E-state index contributed by atoms with van der Waals surface area (Å²) in [5.74, 6) is 0.898. The van der Waals surface area contributed by atoms with Crippen LogP contribution in [0.3, 0.4) is 0 Å². The molecule has 0 radical (unpaired) electrons. The molecular weight excluding hydrogens is 246 g/mol. The van der Waals surface area contributed by atoms with Crippen LogP contribution in [0, 0.1) is 0 Å². The molecule has 2 aromatic heterocycles. The predicted octanol–water partition coefficient (Wildman–Crippen LogP) is 2.53. The van der Waals surface area contributed by atoms with Crippen LogP contribution in [0.2, 0.25) is 0 Å². The molecule has 0 atom stereocenters. The number of amides is 1. The van der Waals surface area contributed by atoms with Crippen molar-refractivity contribution in [3.8, 4) is 10.7 Å². The van der Waals surface area contributed by atoms with E-state index < -0.39 is 0 Å². The van der Waals surface area contributed by atoms with E-state index in [9.17, 15) is 4.79 Å². The Kier molecular flexibility index (Phi) is 4.52. The van der Waals surface area contributed by atoms with Gasteiger partial charge in [-0.05, 0) is 17.9 Å². The number of carbonyl (C=O) groups is 1. The van der Waals surface area contributed by atoms with Crippen LogP contribution in [0.25, 0.3) is 10.7 Å². The van der Waals surface area contributed by atoms with Gasteiger partial charge < -0.3 is 9.88 Å². The summed E-state index contributed by atoms with van der Waals surface area (Å²) in [6.07, 6.45) is 5.68. The van der Waals surface area contributed by atoms with Crippen LogP contribution < -0.4 is 5.32 Å². The smallest absolute Gasteiger partial charge is 0.239 e. The first kappa shape index (κ1) is 12.8. The molecule has 5 heteroatoms. The van der Waals surface area contributed by atoms with Crippen molar-refractivity contribution in [1.29, 1.82) is 0 Å². The Bertz CT molecular complexity index is 490. The van der Waals surface area contributed by atoms with Gasteiger partial charge in [0.25, 0.3) is 0 Å². The molecule has 0 fully saturated rings. The number of hydrogen-bond donors (Lipinski definition) is 1. The van der Waals surface area contributed by atoms with E-state index in [-0.39, 0.29) is 5.91 Å². The summed E-state index contributed by atoms with van der Waals surface area (Å²) in [6, 6.07) is 4.00. The standard InChI is InChI=1S/C13H17N3OS/c1-2-3-6-14-12(17)10-16-8-7-15-13(16)11-5-4-9-18-11/h4-5,7-9H,2-3,6,10H2,1H3,(H,14,17). The first-order chi connectivity index (χ1) is 8.81. The van der Waals surface area contributed by atoms with Crippen LogP contribution in [-0.2, 0) is 11.3 Å². The summed E-state index contributed by atoms with van der Waals surface area (Å²) in [6.45, 7) is 3.19. The number of carbonyl (C=O) groups excluding carboxylic acids is 1. The molecule has 0 aliphatic heterocycles. The van der Waals surface area contributed by atoms with Gasteiger partial charge >= 0.3 is 0 Å². The lowest BCUT2D eigenvalue weighted by Crippen LogP contribution is -2.28. The largest absolute Gasteiger partial charge is 0.355 e. The lowest BCUT2D eigenvalue weighted by molar-refractivity contribution is -0.121. The molecule has 0 aromatic carbocycles. The van der Waals surface area contributed by atoms with Gasteiger partial charge in [0.2, 0.25) is 5.91 Å². The summed E-state index contributed by atoms with van der Waals surface area (Å²) in [4.78, 5) is 17.1. The van der Waals surface area contributed by atoms with Crippen LogP contribution in [0.1, 0.15) is 19.8 Å². The molecule has 0 saturated carbocycles. The fourth-order valence-corrected chi connectivity index (χ4v) is 2.42. The molecule has 0 aliphatic rings. The third-order valence-corrected chi connectivity index (χ3v) is 3.49. The Labute approximate surface area is 111 Å². The summed E-state index contributed by atoms with van der Waals surface area (Å²) < 4.78 is 1.88. The van der Waals surface area contributed by atoms with Crippen LogP contribution in [0.15, 0.2) is 29.9 Å². The molecule has 4 nitrogen and oxygen atoms in total. The molecular formula is C13H17N3OS. The maximum atomic E-state index is 11.8. The topological polar surface area (TPSA) is 46.9 Å². The minimum absolute atomic E-state index is 0.0410. The van der Waals surface area contributed by atoms with E-state index in [1.807, 2.05) is 28.3 Å². The maximum absolute atomic E-state index is 11.8. The predicted molar refractivity (Wildman–Crippen MR) is 73.5 cm³/mol. The molecule has 1 N–H and O–H groups in total. The first-order valence-electron chi connectivity index (χ1n) is 6.13. The van der Waals surface area contributed by atoms with Crippen LogP contribution >= 0.6 is 11.3 Å². The lowest BCUT2D eigenvalue weighted by atomic mass is 10.3. The summed E-state index contributed by atoms with van der Waals surface area (Å²) in [5, 5.41) is 4.92. The number of rotatable bonds is 6. The van der Waals surface area contributed by atoms with Crippen molar-refractivity contribution in [1.82, 2.24) is 14.9 Å². The van der Waals surface area contributed by atoms with Crippen molar-refractivity contribution in [2.45, 2.75) is 26.3 Å². The van der Waals surface area contributed by atoms with Crippen molar-refractivity contribution in [2.24, 2.45) is 0 Å². The van der Waals surface area contributed by atoms with Crippen molar-refractivity contribution < 1.29 is 4.79 Å². The minimum Gasteiger partial charge on any atom is -0.355 e. The van der Waals surface area contributed by atoms with Gasteiger partial charge in [0.05, 0.1) is 4.88 Å². The molecule has 96 valence electrons. The van der Waals surface area contributed by atoms with Gasteiger partial charge in [-0.2, -0.15) is 0 Å². The molecule has 0 aliphatic carbocycles. The van der Waals surface area contributed by atoms with Gasteiger partial charge in [0, 0.05) is 18.9 Å². The SMILES string of the molecule is CCCCNC(=O)Cn1ccnc1-c1cccs1. The molecule has 2 aromatic rings. The molecule has 0 spiro atoms. The highest BCUT2D eigenvalue weighted by Gasteiger charge is 2.09. The van der Waals surface area contributed by atoms with Gasteiger partial charge in [0.1, 0.15) is 12.4 Å². The third kappa shape index (κ3) is 3.20. The number of aromatic nitrogens is 2. The Morgan fingerprint density at radius 2 is 2.44 bits per heavy atom. The van der Waals surface area contributed by atoms with Gasteiger partial charge in [-0.15, -0.1) is 11.3 Å². The second-order valence-electron chi connectivity index (χ2n) is 4.06. The van der Waals surface area contributed by atoms with E-state index in [1.165, 1.54) is 0 Å². The van der Waals surface area contributed by atoms with Crippen molar-refractivity contribution in [2.75, 3.05) is 6.54 Å². The fraction of sp³-hybridized carbons (Fsp3) is 0.385. The summed E-state index contributed by atoms with van der Waals surface area (Å²) >= 11 is 1.63. The molecule has 2 rings (SSSR count). The molecule has 18 heavy (non-hydrogen) atoms. The summed E-state index contributed by atoms with van der Waals surface area (Å²) in [7, 11) is 0. The maximum Gasteiger partial charge on any atom is 0.239 e. The molecule has 0 unspecified atom stereocenters. The zero-order valence-electron chi connectivity index (χ0n) is 10.4. The van der Waals surface area contributed by atoms with E-state index >= 15 is 0 Å². The zero-order chi connectivity index (χ0) is 12.8. The van der Waals surface area contributed by atoms with E-state index in [4.69, 9.17) is 0 Å². The number of unbranched alkanes of at least 4 members (excludes halogenated alkanes) is 1. The van der Waals surface area contributed by atoms with Gasteiger partial charge in [-0.1, -0.05) is 19.4 Å². The Balaban J connectivity index is 1.98. The minimum atomic E-state index is 0.0410. The lowest BCUT2D eigenvalue weighted by Gasteiger charge is -2.07. The highest BCUT2D eigenvalue weighted by molar-refractivity contribution is 7.13. The first-order valence-corrected chi connectivity index (χ1v) is 7.01. The van der Waals surface area contributed by atoms with Gasteiger partial charge in [-0.3, -0.25) is 4.79 Å². The molecule has 0 bridgehead atoms. The monoisotopic (exact) mass is 263 g/mol. The zero-order valence-corrected chi connectivity index (χ0v) is 11.2. The Hall–Kier alpha value is -1.62. The highest BCUT2D eigenvalue weighted by atomic mass is 32.1. The average Bonchev–Trinajstić information content (AvgIpc) is 2.99. The number of nitrogens with one attached hydrogen (secondary N) is 1. The van der Waals surface area contributed by atoms with Crippen molar-refractivity contribution in [3.63, 3.8) is 0 Å². The normalized spacial score (nSPS) is 10.5. The Morgan fingerprint density at radius 3 is 3.17 bits per heavy atom. The van der Waals surface area contributed by atoms with Crippen LogP contribution in [0.4, 0.5) is 0 Å². The number of hydrogen-bond acceptors (Lipinski definition) is 3. The van der Waals surface area contributed by atoms with E-state index in [1.54, 1.807) is 17.5 Å². The number of nitrogens with zero attached hydrogens (tertiary/aromatic N) is 2. The van der Waals surface area contributed by atoms with Crippen molar-refractivity contribution >= 4 is 17.2 Å². The molecule has 2 heterocycles. The molecule has 0 saturated heterocycles. The second-order valence-corrected chi connectivity index (χ2v) is 5.01. The number of imidazole rings is 1. The van der Waals surface area contributed by atoms with Crippen molar-refractivity contribution in [3.05, 3.63) is 29.9 Å². The second kappa shape index (κ2) is 6.35. The Morgan fingerprint density at radius 1 is 1.56 bits per heavy atom. The van der Waals surface area contributed by atoms with Gasteiger partial charge in [-0.25, -0.2) is 4.98 Å². The quantitative estimate of drug-likeness (QED) is 0.814. The van der Waals surface area contributed by atoms with Crippen LogP contribution in [0.5, 0.6) is 0 Å². The van der Waals surface area contributed by atoms with Crippen LogP contribution in [-0.4, -0.2) is 22.0 Å². The average molecular weight is 263 g/mol. The van der Waals surface area contributed by atoms with E-state index in [0.29, 0.717) is 6.54 Å². The molecule has 1 amide bonds. The summed E-state index contributed by atoms with van der Waals surface area (Å²) in [5.41, 5.74) is 0. The van der Waals surface area contributed by atoms with E-state index in [0.717, 1.165) is 30.1 Å². The fourth-order valence-electron chi connectivity index (χ4n) is 1.68. The van der Waals surface area contributed by atoms with E-state index in [2.05, 4.69) is 17.2 Å². The third-order valence-electron chi connectivity index (χ3n) is 2.62.